The number of fused-ring (bicyclic) bond motifs is 1. The Bertz CT molecular complexity index is 739. The fraction of sp³-hybridized carbons (Fsp3) is 0.389. The first kappa shape index (κ1) is 16.6. The highest BCUT2D eigenvalue weighted by molar-refractivity contribution is 7.80. The zero-order valence-electron chi connectivity index (χ0n) is 14.4. The summed E-state index contributed by atoms with van der Waals surface area (Å²) in [5.41, 5.74) is 4.08. The number of thiocarbonyl (C=S) groups is 1. The van der Waals surface area contributed by atoms with Crippen LogP contribution in [0.5, 0.6) is 0 Å². The van der Waals surface area contributed by atoms with Crippen LogP contribution in [0, 0.1) is 5.92 Å². The predicted octanol–water partition coefficient (Wildman–Crippen LogP) is 2.16. The molecule has 6 heteroatoms. The molecule has 2 atom stereocenters. The summed E-state index contributed by atoms with van der Waals surface area (Å²) in [5.74, 6) is -0.274. The molecule has 2 aliphatic heterocycles. The van der Waals surface area contributed by atoms with Gasteiger partial charge in [0.2, 0.25) is 5.91 Å². The Morgan fingerprint density at radius 3 is 2.58 bits per heavy atom. The van der Waals surface area contributed by atoms with Crippen molar-refractivity contribution in [3.63, 3.8) is 0 Å². The number of hydrogen-bond donors (Lipinski definition) is 1. The number of amides is 1. The van der Waals surface area contributed by atoms with E-state index in [4.69, 9.17) is 12.2 Å². The zero-order valence-corrected chi connectivity index (χ0v) is 15.2. The van der Waals surface area contributed by atoms with Crippen molar-refractivity contribution in [2.45, 2.75) is 26.4 Å². The average molecular weight is 342 g/mol. The Labute approximate surface area is 148 Å². The summed E-state index contributed by atoms with van der Waals surface area (Å²) in [6, 6.07) is 10.2. The first-order valence-electron chi connectivity index (χ1n) is 8.00. The van der Waals surface area contributed by atoms with Crippen molar-refractivity contribution < 1.29 is 4.79 Å². The number of allylic oxidation sites excluding steroid dienone is 1. The van der Waals surface area contributed by atoms with Crippen LogP contribution in [0.1, 0.15) is 19.4 Å². The Hall–Kier alpha value is -2.21. The lowest BCUT2D eigenvalue weighted by molar-refractivity contribution is -0.132. The third kappa shape index (κ3) is 2.82. The minimum Gasteiger partial charge on any atom is -0.366 e. The van der Waals surface area contributed by atoms with E-state index in [9.17, 15) is 4.79 Å². The number of rotatable bonds is 3. The average Bonchev–Trinajstić information content (AvgIpc) is 2.88. The van der Waals surface area contributed by atoms with E-state index < -0.39 is 0 Å². The fourth-order valence-electron chi connectivity index (χ4n) is 3.19. The molecule has 126 valence electrons. The van der Waals surface area contributed by atoms with Crippen molar-refractivity contribution >= 4 is 28.8 Å². The molecule has 0 aliphatic carbocycles. The Balaban J connectivity index is 1.90. The van der Waals surface area contributed by atoms with Crippen molar-refractivity contribution in [1.82, 2.24) is 15.2 Å². The van der Waals surface area contributed by atoms with Gasteiger partial charge in [0.25, 0.3) is 0 Å². The van der Waals surface area contributed by atoms with Crippen molar-refractivity contribution in [3.8, 4) is 0 Å². The molecule has 3 rings (SSSR count). The van der Waals surface area contributed by atoms with Crippen molar-refractivity contribution in [1.29, 1.82) is 0 Å². The summed E-state index contributed by atoms with van der Waals surface area (Å²) in [4.78, 5) is 14.8. The highest BCUT2D eigenvalue weighted by Gasteiger charge is 2.45. The second-order valence-corrected chi connectivity index (χ2v) is 6.84. The zero-order chi connectivity index (χ0) is 17.4. The molecule has 0 spiro atoms. The summed E-state index contributed by atoms with van der Waals surface area (Å²) in [5, 5.41) is 9.81. The number of nitrogens with one attached hydrogen (secondary N) is 1. The van der Waals surface area contributed by atoms with Crippen molar-refractivity contribution in [3.05, 3.63) is 47.2 Å². The van der Waals surface area contributed by atoms with E-state index in [-0.39, 0.29) is 18.0 Å². The van der Waals surface area contributed by atoms with Gasteiger partial charge in [0.15, 0.2) is 0 Å². The first-order chi connectivity index (χ1) is 11.4. The van der Waals surface area contributed by atoms with Crippen LogP contribution in [-0.4, -0.2) is 46.8 Å². The van der Waals surface area contributed by atoms with Gasteiger partial charge >= 0.3 is 0 Å². The number of carbonyl (C=O) groups is 1. The van der Waals surface area contributed by atoms with Gasteiger partial charge in [-0.25, -0.2) is 5.01 Å². The molecule has 5 nitrogen and oxygen atoms in total. The van der Waals surface area contributed by atoms with Crippen LogP contribution in [0.2, 0.25) is 0 Å². The molecular formula is C18H22N4OS. The molecule has 0 fully saturated rings. The highest BCUT2D eigenvalue weighted by Crippen LogP contribution is 2.30. The molecule has 2 aliphatic rings. The number of hydrazone groups is 1. The minimum atomic E-state index is -0.314. The van der Waals surface area contributed by atoms with Crippen LogP contribution in [0.15, 0.2) is 46.7 Å². The second kappa shape index (κ2) is 6.36. The molecule has 1 amide bonds. The molecule has 1 aromatic carbocycles. The van der Waals surface area contributed by atoms with Crippen molar-refractivity contribution in [2.75, 3.05) is 14.1 Å². The monoisotopic (exact) mass is 342 g/mol. The lowest BCUT2D eigenvalue weighted by Gasteiger charge is -2.36. The van der Waals surface area contributed by atoms with Crippen LogP contribution in [0.3, 0.4) is 0 Å². The molecule has 0 bridgehead atoms. The predicted molar refractivity (Wildman–Crippen MR) is 99.5 cm³/mol. The van der Waals surface area contributed by atoms with Crippen molar-refractivity contribution in [2.24, 2.45) is 11.0 Å². The van der Waals surface area contributed by atoms with E-state index in [2.05, 4.69) is 22.6 Å². The largest absolute Gasteiger partial charge is 0.366 e. The molecule has 24 heavy (non-hydrogen) atoms. The van der Waals surface area contributed by atoms with Gasteiger partial charge in [-0.2, -0.15) is 5.10 Å². The third-order valence-electron chi connectivity index (χ3n) is 4.51. The van der Waals surface area contributed by atoms with Crippen LogP contribution >= 0.6 is 12.2 Å². The maximum absolute atomic E-state index is 12.5. The summed E-state index contributed by atoms with van der Waals surface area (Å²) in [6.07, 6.45) is 0.523. The first-order valence-corrected chi connectivity index (χ1v) is 8.41. The molecule has 1 aromatic rings. The molecule has 0 aromatic heterocycles. The van der Waals surface area contributed by atoms with Gasteiger partial charge in [0, 0.05) is 31.8 Å². The van der Waals surface area contributed by atoms with Gasteiger partial charge in [-0.05, 0) is 19.4 Å². The Kier molecular flexibility index (Phi) is 4.41. The van der Waals surface area contributed by atoms with E-state index in [0.29, 0.717) is 4.99 Å². The fourth-order valence-corrected chi connectivity index (χ4v) is 3.57. The van der Waals surface area contributed by atoms with E-state index in [1.165, 1.54) is 5.56 Å². The van der Waals surface area contributed by atoms with Crippen LogP contribution in [0.25, 0.3) is 0 Å². The van der Waals surface area contributed by atoms with Gasteiger partial charge < -0.3 is 10.2 Å². The van der Waals surface area contributed by atoms with Gasteiger partial charge in [-0.15, -0.1) is 0 Å². The topological polar surface area (TPSA) is 47.9 Å². The minimum absolute atomic E-state index is 0.0401. The van der Waals surface area contributed by atoms with Gasteiger partial charge in [-0.3, -0.25) is 4.79 Å². The lowest BCUT2D eigenvalue weighted by atomic mass is 9.96. The van der Waals surface area contributed by atoms with Gasteiger partial charge in [0.05, 0.1) is 5.71 Å². The van der Waals surface area contributed by atoms with E-state index >= 15 is 0 Å². The highest BCUT2D eigenvalue weighted by atomic mass is 32.1. The molecule has 2 unspecified atom stereocenters. The molecule has 0 radical (unpaired) electrons. The van der Waals surface area contributed by atoms with E-state index in [0.717, 1.165) is 23.4 Å². The third-order valence-corrected chi connectivity index (χ3v) is 4.94. The van der Waals surface area contributed by atoms with Gasteiger partial charge in [0.1, 0.15) is 17.1 Å². The number of carbonyl (C=O) groups excluding carboxylic acids is 1. The lowest BCUT2D eigenvalue weighted by Crippen LogP contribution is -2.54. The molecule has 0 saturated carbocycles. The molecule has 1 N–H and O–H groups in total. The number of hydrogen-bond acceptors (Lipinski definition) is 4. The SMILES string of the molecule is CC1=NN2C(=S)C(Cc3ccccc3)=C(C)NC2C1C(=O)N(C)C. The van der Waals surface area contributed by atoms with Gasteiger partial charge in [-0.1, -0.05) is 42.5 Å². The summed E-state index contributed by atoms with van der Waals surface area (Å²) in [6.45, 7) is 3.91. The smallest absolute Gasteiger partial charge is 0.235 e. The normalized spacial score (nSPS) is 22.9. The Morgan fingerprint density at radius 1 is 1.29 bits per heavy atom. The maximum Gasteiger partial charge on any atom is 0.235 e. The van der Waals surface area contributed by atoms with E-state index in [1.807, 2.05) is 32.0 Å². The quantitative estimate of drug-likeness (QED) is 0.855. The molecular weight excluding hydrogens is 320 g/mol. The second-order valence-electron chi connectivity index (χ2n) is 6.46. The standard InChI is InChI=1S/C18H22N4OS/c1-11-14(10-13-8-6-5-7-9-13)18(24)22-16(19-11)15(12(2)20-22)17(23)21(3)4/h5-9,15-16,19H,10H2,1-4H3. The molecule has 0 saturated heterocycles. The van der Waals surface area contributed by atoms with Crippen LogP contribution < -0.4 is 5.32 Å². The molecule has 2 heterocycles. The number of benzene rings is 1. The summed E-state index contributed by atoms with van der Waals surface area (Å²) in [7, 11) is 3.53. The summed E-state index contributed by atoms with van der Waals surface area (Å²) < 4.78 is 0. The summed E-state index contributed by atoms with van der Waals surface area (Å²) >= 11 is 5.70. The maximum atomic E-state index is 12.5. The number of nitrogens with zero attached hydrogens (tertiary/aromatic N) is 3. The van der Waals surface area contributed by atoms with Crippen LogP contribution in [-0.2, 0) is 11.2 Å². The Morgan fingerprint density at radius 2 is 1.96 bits per heavy atom. The van der Waals surface area contributed by atoms with E-state index in [1.54, 1.807) is 24.0 Å². The van der Waals surface area contributed by atoms with Crippen LogP contribution in [0.4, 0.5) is 0 Å².